The van der Waals surface area contributed by atoms with Gasteiger partial charge in [-0.3, -0.25) is 14.4 Å². The Labute approximate surface area is 314 Å². The molecule has 0 heterocycles. The number of ether oxygens (including phenoxy) is 3. The van der Waals surface area contributed by atoms with Crippen LogP contribution in [0, 0.1) is 0 Å². The monoisotopic (exact) mass is 715 g/mol. The zero-order valence-corrected chi connectivity index (χ0v) is 33.4. The lowest BCUT2D eigenvalue weighted by molar-refractivity contribution is -0.167. The molecular weight excluding hydrogens is 636 g/mol. The van der Waals surface area contributed by atoms with E-state index in [1.807, 2.05) is 0 Å². The van der Waals surface area contributed by atoms with Crippen LogP contribution in [0.5, 0.6) is 0 Å². The molecular formula is C45H78O6. The highest BCUT2D eigenvalue weighted by atomic mass is 16.6. The van der Waals surface area contributed by atoms with E-state index in [4.69, 9.17) is 14.2 Å². The predicted molar refractivity (Wildman–Crippen MR) is 215 cm³/mol. The van der Waals surface area contributed by atoms with Gasteiger partial charge in [-0.2, -0.15) is 0 Å². The highest BCUT2D eigenvalue weighted by molar-refractivity contribution is 5.71. The summed E-state index contributed by atoms with van der Waals surface area (Å²) in [4.78, 5) is 37.3. The van der Waals surface area contributed by atoms with E-state index in [9.17, 15) is 14.4 Å². The van der Waals surface area contributed by atoms with Crippen LogP contribution in [0.25, 0.3) is 0 Å². The van der Waals surface area contributed by atoms with E-state index in [-0.39, 0.29) is 31.1 Å². The molecule has 51 heavy (non-hydrogen) atoms. The van der Waals surface area contributed by atoms with Gasteiger partial charge in [-0.15, -0.1) is 0 Å². The summed E-state index contributed by atoms with van der Waals surface area (Å²) in [6, 6.07) is 0. The maximum absolute atomic E-state index is 12.6. The summed E-state index contributed by atoms with van der Waals surface area (Å²) in [6.45, 7) is 6.40. The molecule has 0 aromatic heterocycles. The Morgan fingerprint density at radius 3 is 1.20 bits per heavy atom. The number of carbonyl (C=O) groups excluding carboxylic acids is 3. The third-order valence-corrected chi connectivity index (χ3v) is 8.85. The molecule has 6 heteroatoms. The molecule has 0 bridgehead atoms. The summed E-state index contributed by atoms with van der Waals surface area (Å²) in [5, 5.41) is 0. The van der Waals surface area contributed by atoms with Gasteiger partial charge in [0.1, 0.15) is 13.2 Å². The first-order valence-electron chi connectivity index (χ1n) is 21.1. The molecule has 0 aromatic carbocycles. The van der Waals surface area contributed by atoms with Gasteiger partial charge in [-0.1, -0.05) is 172 Å². The van der Waals surface area contributed by atoms with Crippen molar-refractivity contribution in [1.29, 1.82) is 0 Å². The fraction of sp³-hybridized carbons (Fsp3) is 0.756. The van der Waals surface area contributed by atoms with Gasteiger partial charge in [0.25, 0.3) is 0 Å². The SMILES string of the molecule is CC/C=C\C/C=C\C/C=C\C/C=C\CCCCCCCCC(=O)OCC(COC(=O)CCCCCCCC)OC(=O)CCCCCCCCCC. The molecule has 6 nitrogen and oxygen atoms in total. The maximum Gasteiger partial charge on any atom is 0.306 e. The second-order valence-corrected chi connectivity index (χ2v) is 13.9. The summed E-state index contributed by atoms with van der Waals surface area (Å²) in [7, 11) is 0. The first-order chi connectivity index (χ1) is 25.0. The van der Waals surface area contributed by atoms with Gasteiger partial charge in [-0.05, 0) is 57.8 Å². The summed E-state index contributed by atoms with van der Waals surface area (Å²) >= 11 is 0. The lowest BCUT2D eigenvalue weighted by Gasteiger charge is -2.18. The van der Waals surface area contributed by atoms with Crippen molar-refractivity contribution >= 4 is 17.9 Å². The molecule has 1 unspecified atom stereocenters. The van der Waals surface area contributed by atoms with E-state index in [0.717, 1.165) is 89.9 Å². The van der Waals surface area contributed by atoms with E-state index in [2.05, 4.69) is 69.4 Å². The summed E-state index contributed by atoms with van der Waals surface area (Å²) in [5.74, 6) is -0.910. The van der Waals surface area contributed by atoms with Crippen molar-refractivity contribution in [3.63, 3.8) is 0 Å². The number of allylic oxidation sites excluding steroid dienone is 8. The smallest absolute Gasteiger partial charge is 0.306 e. The summed E-state index contributed by atoms with van der Waals surface area (Å²) in [6.07, 6.45) is 45.5. The molecule has 0 rings (SSSR count). The molecule has 0 saturated carbocycles. The van der Waals surface area contributed by atoms with Crippen LogP contribution in [0.3, 0.4) is 0 Å². The van der Waals surface area contributed by atoms with Crippen molar-refractivity contribution < 1.29 is 28.6 Å². The number of carbonyl (C=O) groups is 3. The third-order valence-electron chi connectivity index (χ3n) is 8.85. The number of hydrogen-bond donors (Lipinski definition) is 0. The van der Waals surface area contributed by atoms with Crippen LogP contribution in [0.15, 0.2) is 48.6 Å². The van der Waals surface area contributed by atoms with Crippen LogP contribution in [0.2, 0.25) is 0 Å². The van der Waals surface area contributed by atoms with Gasteiger partial charge in [-0.25, -0.2) is 0 Å². The summed E-state index contributed by atoms with van der Waals surface area (Å²) < 4.78 is 16.5. The molecule has 0 spiro atoms. The molecule has 1 atom stereocenters. The van der Waals surface area contributed by atoms with Crippen molar-refractivity contribution in [2.45, 2.75) is 207 Å². The van der Waals surface area contributed by atoms with E-state index in [1.165, 1.54) is 70.6 Å². The molecule has 0 amide bonds. The predicted octanol–water partition coefficient (Wildman–Crippen LogP) is 13.2. The lowest BCUT2D eigenvalue weighted by Crippen LogP contribution is -2.30. The Bertz CT molecular complexity index is 918. The van der Waals surface area contributed by atoms with Crippen LogP contribution in [0.4, 0.5) is 0 Å². The molecule has 0 radical (unpaired) electrons. The lowest BCUT2D eigenvalue weighted by atomic mass is 10.1. The Morgan fingerprint density at radius 2 is 0.765 bits per heavy atom. The topological polar surface area (TPSA) is 78.9 Å². The maximum atomic E-state index is 12.6. The fourth-order valence-electron chi connectivity index (χ4n) is 5.67. The molecule has 294 valence electrons. The van der Waals surface area contributed by atoms with Gasteiger partial charge in [0, 0.05) is 19.3 Å². The quantitative estimate of drug-likeness (QED) is 0.0276. The number of esters is 3. The van der Waals surface area contributed by atoms with Crippen molar-refractivity contribution in [2.75, 3.05) is 13.2 Å². The van der Waals surface area contributed by atoms with Gasteiger partial charge in [0.15, 0.2) is 6.10 Å². The van der Waals surface area contributed by atoms with Crippen LogP contribution in [-0.4, -0.2) is 37.2 Å². The second kappa shape index (κ2) is 40.1. The molecule has 0 aliphatic carbocycles. The van der Waals surface area contributed by atoms with Gasteiger partial charge >= 0.3 is 17.9 Å². The van der Waals surface area contributed by atoms with Gasteiger partial charge in [0.2, 0.25) is 0 Å². The zero-order chi connectivity index (χ0) is 37.3. The van der Waals surface area contributed by atoms with Gasteiger partial charge in [0.05, 0.1) is 0 Å². The van der Waals surface area contributed by atoms with E-state index >= 15 is 0 Å². The number of hydrogen-bond acceptors (Lipinski definition) is 6. The minimum atomic E-state index is -0.769. The van der Waals surface area contributed by atoms with Crippen LogP contribution in [0.1, 0.15) is 201 Å². The van der Waals surface area contributed by atoms with E-state index in [0.29, 0.717) is 19.3 Å². The Balaban J connectivity index is 4.22. The van der Waals surface area contributed by atoms with Gasteiger partial charge < -0.3 is 14.2 Å². The molecule has 0 aromatic rings. The first kappa shape index (κ1) is 48.4. The normalized spacial score (nSPS) is 12.5. The van der Waals surface area contributed by atoms with Crippen LogP contribution >= 0.6 is 0 Å². The fourth-order valence-corrected chi connectivity index (χ4v) is 5.67. The molecule has 0 fully saturated rings. The van der Waals surface area contributed by atoms with E-state index in [1.54, 1.807) is 0 Å². The molecule has 0 saturated heterocycles. The minimum absolute atomic E-state index is 0.0774. The first-order valence-corrected chi connectivity index (χ1v) is 21.1. The average Bonchev–Trinajstić information content (AvgIpc) is 3.13. The zero-order valence-electron chi connectivity index (χ0n) is 33.4. The molecule has 0 N–H and O–H groups in total. The minimum Gasteiger partial charge on any atom is -0.462 e. The van der Waals surface area contributed by atoms with Crippen molar-refractivity contribution in [2.24, 2.45) is 0 Å². The highest BCUT2D eigenvalue weighted by Crippen LogP contribution is 2.13. The van der Waals surface area contributed by atoms with Crippen molar-refractivity contribution in [3.8, 4) is 0 Å². The van der Waals surface area contributed by atoms with Crippen LogP contribution in [-0.2, 0) is 28.6 Å². The largest absolute Gasteiger partial charge is 0.462 e. The van der Waals surface area contributed by atoms with Crippen LogP contribution < -0.4 is 0 Å². The second-order valence-electron chi connectivity index (χ2n) is 13.9. The van der Waals surface area contributed by atoms with E-state index < -0.39 is 6.10 Å². The summed E-state index contributed by atoms with van der Waals surface area (Å²) in [5.41, 5.74) is 0. The Hall–Kier alpha value is -2.63. The molecule has 0 aliphatic rings. The Kier molecular flexibility index (Phi) is 38.1. The number of rotatable bonds is 37. The highest BCUT2D eigenvalue weighted by Gasteiger charge is 2.19. The Morgan fingerprint density at radius 1 is 0.412 bits per heavy atom. The van der Waals surface area contributed by atoms with Crippen molar-refractivity contribution in [3.05, 3.63) is 48.6 Å². The van der Waals surface area contributed by atoms with Crippen molar-refractivity contribution in [1.82, 2.24) is 0 Å². The standard InChI is InChI=1S/C45H78O6/c1-4-7-10-13-16-18-19-20-21-22-23-24-25-26-27-28-30-32-35-38-44(47)50-41-42(40-49-43(46)37-34-31-15-12-9-6-3)51-45(48)39-36-33-29-17-14-11-8-5-2/h7,10,16,18,20-21,23-24,42H,4-6,8-9,11-15,17,19,22,25-41H2,1-3H3/b10-7-,18-16-,21-20-,24-23-. The average molecular weight is 715 g/mol. The third kappa shape index (κ3) is 38.4. The molecule has 0 aliphatic heterocycles. The number of unbranched alkanes of at least 4 members (excludes halogenated alkanes) is 18.